The maximum absolute atomic E-state index is 10.9. The van der Waals surface area contributed by atoms with Crippen LogP contribution in [0.2, 0.25) is 0 Å². The smallest absolute Gasteiger partial charge is 0.244 e. The lowest BCUT2D eigenvalue weighted by Crippen LogP contribution is -2.24. The van der Waals surface area contributed by atoms with E-state index in [0.717, 1.165) is 6.42 Å². The highest BCUT2D eigenvalue weighted by Gasteiger charge is 2.26. The van der Waals surface area contributed by atoms with E-state index >= 15 is 0 Å². The van der Waals surface area contributed by atoms with Crippen molar-refractivity contribution in [2.45, 2.75) is 47.5 Å². The van der Waals surface area contributed by atoms with Gasteiger partial charge in [-0.05, 0) is 23.7 Å². The molecule has 0 aliphatic heterocycles. The molecule has 0 saturated heterocycles. The van der Waals surface area contributed by atoms with Gasteiger partial charge in [0.15, 0.2) is 0 Å². The van der Waals surface area contributed by atoms with Gasteiger partial charge in [0.2, 0.25) is 5.91 Å². The molecule has 0 heterocycles. The molecule has 14 heavy (non-hydrogen) atoms. The van der Waals surface area contributed by atoms with Gasteiger partial charge in [0.1, 0.15) is 0 Å². The van der Waals surface area contributed by atoms with Crippen molar-refractivity contribution in [3.05, 3.63) is 12.2 Å². The lowest BCUT2D eigenvalue weighted by molar-refractivity contribution is -0.114. The van der Waals surface area contributed by atoms with Crippen molar-refractivity contribution < 1.29 is 4.79 Å². The largest absolute Gasteiger partial charge is 0.366 e. The first-order chi connectivity index (χ1) is 6.03. The van der Waals surface area contributed by atoms with Crippen molar-refractivity contribution in [3.63, 3.8) is 0 Å². The number of carbonyl (C=O) groups excluding carboxylic acids is 1. The summed E-state index contributed by atoms with van der Waals surface area (Å²) in [5.41, 5.74) is 6.05. The van der Waals surface area contributed by atoms with E-state index in [1.807, 2.05) is 0 Å². The molecule has 0 atom stereocenters. The van der Waals surface area contributed by atoms with Crippen molar-refractivity contribution in [1.29, 1.82) is 0 Å². The Bertz CT molecular complexity index is 233. The Morgan fingerprint density at radius 1 is 1.21 bits per heavy atom. The Balaban J connectivity index is 4.35. The van der Waals surface area contributed by atoms with Crippen LogP contribution in [0.3, 0.4) is 0 Å². The second kappa shape index (κ2) is 4.16. The Hall–Kier alpha value is -0.790. The molecule has 0 aliphatic carbocycles. The van der Waals surface area contributed by atoms with Crippen LogP contribution in [0.25, 0.3) is 0 Å². The summed E-state index contributed by atoms with van der Waals surface area (Å²) < 4.78 is 0. The lowest BCUT2D eigenvalue weighted by atomic mass is 9.73. The summed E-state index contributed by atoms with van der Waals surface area (Å²) in [5, 5.41) is 0. The van der Waals surface area contributed by atoms with E-state index in [0.29, 0.717) is 12.0 Å². The fraction of sp³-hybridized carbons (Fsp3) is 0.750. The number of primary amides is 1. The van der Waals surface area contributed by atoms with Crippen molar-refractivity contribution in [2.75, 3.05) is 0 Å². The Morgan fingerprint density at radius 2 is 1.64 bits per heavy atom. The van der Waals surface area contributed by atoms with Crippen LogP contribution in [0.15, 0.2) is 12.2 Å². The van der Waals surface area contributed by atoms with Gasteiger partial charge in [-0.25, -0.2) is 0 Å². The minimum absolute atomic E-state index is 0.0877. The Morgan fingerprint density at radius 3 is 1.93 bits per heavy atom. The first kappa shape index (κ1) is 13.2. The number of carbonyl (C=O) groups is 1. The van der Waals surface area contributed by atoms with Crippen LogP contribution in [0, 0.1) is 10.8 Å². The van der Waals surface area contributed by atoms with Crippen LogP contribution in [0.4, 0.5) is 0 Å². The Kier molecular flexibility index (Phi) is 3.92. The van der Waals surface area contributed by atoms with Crippen LogP contribution < -0.4 is 5.73 Å². The molecule has 0 aromatic carbocycles. The molecule has 0 spiro atoms. The van der Waals surface area contributed by atoms with E-state index in [2.05, 4.69) is 41.2 Å². The molecule has 0 unspecified atom stereocenters. The molecule has 0 rings (SSSR count). The topological polar surface area (TPSA) is 43.1 Å². The number of amides is 1. The molecule has 2 N–H and O–H groups in total. The molecule has 82 valence electrons. The summed E-state index contributed by atoms with van der Waals surface area (Å²) in [6.45, 7) is 14.6. The summed E-state index contributed by atoms with van der Waals surface area (Å²) in [6.07, 6.45) is 1.73. The molecule has 0 saturated carbocycles. The van der Waals surface area contributed by atoms with E-state index in [4.69, 9.17) is 5.73 Å². The molecular weight excluding hydrogens is 174 g/mol. The van der Waals surface area contributed by atoms with E-state index < -0.39 is 0 Å². The van der Waals surface area contributed by atoms with E-state index in [1.54, 1.807) is 0 Å². The summed E-state index contributed by atoms with van der Waals surface area (Å²) in [7, 11) is 0. The van der Waals surface area contributed by atoms with Crippen LogP contribution in [-0.2, 0) is 4.79 Å². The van der Waals surface area contributed by atoms with Gasteiger partial charge in [-0.1, -0.05) is 41.2 Å². The van der Waals surface area contributed by atoms with Gasteiger partial charge in [-0.2, -0.15) is 0 Å². The molecule has 0 aromatic heterocycles. The standard InChI is InChI=1S/C12H23NO/c1-9(10(13)14)7-12(5,6)8-11(2,3)4/h1,7-8H2,2-6H3,(H2,13,14). The summed E-state index contributed by atoms with van der Waals surface area (Å²) in [5.74, 6) is -0.382. The molecule has 0 bridgehead atoms. The van der Waals surface area contributed by atoms with Gasteiger partial charge < -0.3 is 5.73 Å². The molecule has 2 heteroatoms. The van der Waals surface area contributed by atoms with Gasteiger partial charge in [-0.3, -0.25) is 4.79 Å². The summed E-state index contributed by atoms with van der Waals surface area (Å²) >= 11 is 0. The zero-order valence-corrected chi connectivity index (χ0v) is 10.1. The zero-order valence-electron chi connectivity index (χ0n) is 10.1. The molecule has 1 amide bonds. The maximum atomic E-state index is 10.9. The molecular formula is C12H23NO. The second-order valence-corrected chi connectivity index (χ2v) is 6.05. The molecule has 0 fully saturated rings. The lowest BCUT2D eigenvalue weighted by Gasteiger charge is -2.32. The minimum Gasteiger partial charge on any atom is -0.366 e. The highest BCUT2D eigenvalue weighted by atomic mass is 16.1. The second-order valence-electron chi connectivity index (χ2n) is 6.05. The average Bonchev–Trinajstić information content (AvgIpc) is 1.78. The van der Waals surface area contributed by atoms with Crippen LogP contribution in [-0.4, -0.2) is 5.91 Å². The van der Waals surface area contributed by atoms with Gasteiger partial charge in [-0.15, -0.1) is 0 Å². The number of rotatable bonds is 4. The van der Waals surface area contributed by atoms with E-state index in [-0.39, 0.29) is 16.7 Å². The van der Waals surface area contributed by atoms with Gasteiger partial charge in [0.05, 0.1) is 0 Å². The predicted octanol–water partition coefficient (Wildman–Crippen LogP) is 2.88. The van der Waals surface area contributed by atoms with Gasteiger partial charge in [0.25, 0.3) is 0 Å². The third kappa shape index (κ3) is 5.79. The summed E-state index contributed by atoms with van der Waals surface area (Å²) in [6, 6.07) is 0. The van der Waals surface area contributed by atoms with Gasteiger partial charge >= 0.3 is 0 Å². The zero-order chi connectivity index (χ0) is 11.6. The Labute approximate surface area is 87.6 Å². The first-order valence-corrected chi connectivity index (χ1v) is 5.01. The van der Waals surface area contributed by atoms with Crippen LogP contribution in [0.5, 0.6) is 0 Å². The SMILES string of the molecule is C=C(CC(C)(C)CC(C)(C)C)C(N)=O. The monoisotopic (exact) mass is 197 g/mol. The third-order valence-electron chi connectivity index (χ3n) is 2.05. The fourth-order valence-electron chi connectivity index (χ4n) is 2.16. The number of nitrogens with two attached hydrogens (primary N) is 1. The number of hydrogen-bond donors (Lipinski definition) is 1. The normalized spacial score (nSPS) is 12.6. The van der Waals surface area contributed by atoms with Crippen molar-refractivity contribution in [1.82, 2.24) is 0 Å². The molecule has 0 radical (unpaired) electrons. The predicted molar refractivity (Wildman–Crippen MR) is 60.8 cm³/mol. The van der Waals surface area contributed by atoms with Crippen molar-refractivity contribution in [3.8, 4) is 0 Å². The first-order valence-electron chi connectivity index (χ1n) is 5.01. The van der Waals surface area contributed by atoms with Gasteiger partial charge in [0, 0.05) is 5.57 Å². The number of hydrogen-bond acceptors (Lipinski definition) is 1. The molecule has 2 nitrogen and oxygen atoms in total. The van der Waals surface area contributed by atoms with E-state index in [1.165, 1.54) is 0 Å². The van der Waals surface area contributed by atoms with E-state index in [9.17, 15) is 4.79 Å². The average molecular weight is 197 g/mol. The summed E-state index contributed by atoms with van der Waals surface area (Å²) in [4.78, 5) is 10.9. The third-order valence-corrected chi connectivity index (χ3v) is 2.05. The van der Waals surface area contributed by atoms with Crippen molar-refractivity contribution >= 4 is 5.91 Å². The quantitative estimate of drug-likeness (QED) is 0.692. The fourth-order valence-corrected chi connectivity index (χ4v) is 2.16. The minimum atomic E-state index is -0.382. The van der Waals surface area contributed by atoms with Crippen LogP contribution in [0.1, 0.15) is 47.5 Å². The molecule has 0 aromatic rings. The highest BCUT2D eigenvalue weighted by molar-refractivity contribution is 5.91. The highest BCUT2D eigenvalue weighted by Crippen LogP contribution is 2.37. The van der Waals surface area contributed by atoms with Crippen molar-refractivity contribution in [2.24, 2.45) is 16.6 Å². The van der Waals surface area contributed by atoms with Crippen LogP contribution >= 0.6 is 0 Å². The molecule has 0 aliphatic rings. The maximum Gasteiger partial charge on any atom is 0.244 e.